The van der Waals surface area contributed by atoms with Gasteiger partial charge in [0.2, 0.25) is 17.2 Å². The monoisotopic (exact) mass is 507 g/mol. The first-order valence-corrected chi connectivity index (χ1v) is 11.6. The highest BCUT2D eigenvalue weighted by Crippen LogP contribution is 2.59. The molecule has 38 heavy (non-hydrogen) atoms. The van der Waals surface area contributed by atoms with E-state index in [4.69, 9.17) is 0 Å². The van der Waals surface area contributed by atoms with Crippen molar-refractivity contribution in [2.45, 2.75) is 0 Å². The molecule has 0 saturated carbocycles. The molecule has 0 bridgehead atoms. The minimum absolute atomic E-state index is 0.166. The van der Waals surface area contributed by atoms with E-state index in [2.05, 4.69) is 23.5 Å². The Kier molecular flexibility index (Phi) is 4.99. The van der Waals surface area contributed by atoms with Gasteiger partial charge in [0.1, 0.15) is 0 Å². The lowest BCUT2D eigenvalue weighted by molar-refractivity contribution is 0.347. The topological polar surface area (TPSA) is 154 Å². The number of aromatic hydroxyl groups is 7. The van der Waals surface area contributed by atoms with E-state index in [9.17, 15) is 35.7 Å². The third-order valence-corrected chi connectivity index (χ3v) is 6.79. The van der Waals surface area contributed by atoms with Crippen LogP contribution >= 0.6 is 0 Å². The zero-order chi connectivity index (χ0) is 26.7. The number of benzene rings is 6. The fourth-order valence-corrected chi connectivity index (χ4v) is 4.95. The molecular weight excluding hydrogens is 486 g/mol. The number of rotatable bonds is 3. The summed E-state index contributed by atoms with van der Waals surface area (Å²) in [4.78, 5) is 0. The molecule has 0 fully saturated rings. The van der Waals surface area contributed by atoms with Crippen molar-refractivity contribution in [3.05, 3.63) is 78.9 Å². The Balaban J connectivity index is 1.49. The van der Waals surface area contributed by atoms with Gasteiger partial charge in [-0.3, -0.25) is 0 Å². The second-order valence-corrected chi connectivity index (χ2v) is 8.96. The van der Waals surface area contributed by atoms with Crippen LogP contribution in [-0.2, 0) is 0 Å². The Hall–Kier alpha value is -5.50. The lowest BCUT2D eigenvalue weighted by Crippen LogP contribution is -1.93. The molecule has 0 aliphatic heterocycles. The van der Waals surface area contributed by atoms with Crippen LogP contribution in [0.2, 0.25) is 0 Å². The van der Waals surface area contributed by atoms with Gasteiger partial charge in [-0.15, -0.1) is 0 Å². The molecule has 8 N–H and O–H groups in total. The third-order valence-electron chi connectivity index (χ3n) is 6.79. The maximum atomic E-state index is 10.7. The van der Waals surface area contributed by atoms with Crippen molar-refractivity contribution in [2.24, 2.45) is 0 Å². The number of hydrogen-bond donors (Lipinski definition) is 8. The predicted molar refractivity (Wildman–Crippen MR) is 146 cm³/mol. The summed E-state index contributed by atoms with van der Waals surface area (Å²) in [6, 6.07) is 24.8. The Morgan fingerprint density at radius 3 is 1.63 bits per heavy atom. The van der Waals surface area contributed by atoms with E-state index in [0.717, 1.165) is 27.2 Å². The first kappa shape index (κ1) is 22.9. The zero-order valence-corrected chi connectivity index (χ0v) is 19.6. The maximum absolute atomic E-state index is 10.7. The van der Waals surface area contributed by atoms with E-state index >= 15 is 0 Å². The lowest BCUT2D eigenvalue weighted by atomic mass is 9.93. The van der Waals surface area contributed by atoms with Gasteiger partial charge in [0.15, 0.2) is 23.0 Å². The summed E-state index contributed by atoms with van der Waals surface area (Å²) in [5.74, 6) is -6.68. The van der Waals surface area contributed by atoms with Gasteiger partial charge in [-0.1, -0.05) is 60.7 Å². The molecule has 0 aliphatic carbocycles. The number of phenolic OH excluding ortho intramolecular Hbond substituents is 7. The van der Waals surface area contributed by atoms with Gasteiger partial charge in [0.05, 0.1) is 5.39 Å². The minimum atomic E-state index is -1.08. The largest absolute Gasteiger partial charge is 0.504 e. The molecule has 0 atom stereocenters. The number of nitrogens with one attached hydrogen (secondary N) is 1. The van der Waals surface area contributed by atoms with E-state index in [1.165, 1.54) is 0 Å². The standard InChI is InChI=1S/C30H21NO7/c32-24-21(22-23(26(34)28(24)36)27(35)30(38)29(37)25(22)33)14-9-11-16(12-10-14)31-20-13-15-5-1-2-6-17(15)18-7-3-4-8-19(18)20/h1-13,31-38H. The summed E-state index contributed by atoms with van der Waals surface area (Å²) in [7, 11) is 0. The number of anilines is 2. The van der Waals surface area contributed by atoms with Crippen LogP contribution in [0, 0.1) is 0 Å². The molecule has 8 heteroatoms. The van der Waals surface area contributed by atoms with Crippen LogP contribution in [-0.4, -0.2) is 35.7 Å². The van der Waals surface area contributed by atoms with Gasteiger partial charge in [-0.25, -0.2) is 0 Å². The lowest BCUT2D eigenvalue weighted by Gasteiger charge is -2.17. The number of fused-ring (bicyclic) bond motifs is 4. The van der Waals surface area contributed by atoms with Crippen LogP contribution in [0.4, 0.5) is 11.4 Å². The predicted octanol–water partition coefficient (Wildman–Crippen LogP) is 6.50. The quantitative estimate of drug-likeness (QED) is 0.0768. The summed E-state index contributed by atoms with van der Waals surface area (Å²) in [6.45, 7) is 0. The average Bonchev–Trinajstić information content (AvgIpc) is 2.94. The second-order valence-electron chi connectivity index (χ2n) is 8.96. The van der Waals surface area contributed by atoms with Crippen molar-refractivity contribution in [1.29, 1.82) is 0 Å². The highest BCUT2D eigenvalue weighted by atomic mass is 16.3. The molecule has 6 rings (SSSR count). The average molecular weight is 507 g/mol. The Morgan fingerprint density at radius 2 is 0.974 bits per heavy atom. The van der Waals surface area contributed by atoms with Gasteiger partial charge in [-0.2, -0.15) is 0 Å². The maximum Gasteiger partial charge on any atom is 0.205 e. The summed E-state index contributed by atoms with van der Waals surface area (Å²) >= 11 is 0. The van der Waals surface area contributed by atoms with Gasteiger partial charge in [0.25, 0.3) is 0 Å². The van der Waals surface area contributed by atoms with E-state index in [0.29, 0.717) is 5.69 Å². The van der Waals surface area contributed by atoms with E-state index in [-0.39, 0.29) is 16.5 Å². The smallest absolute Gasteiger partial charge is 0.205 e. The Morgan fingerprint density at radius 1 is 0.447 bits per heavy atom. The highest BCUT2D eigenvalue weighted by Gasteiger charge is 2.29. The van der Waals surface area contributed by atoms with Gasteiger partial charge >= 0.3 is 0 Å². The highest BCUT2D eigenvalue weighted by molar-refractivity contribution is 6.14. The second kappa shape index (κ2) is 8.28. The number of hydrogen-bond acceptors (Lipinski definition) is 8. The molecule has 0 aromatic heterocycles. The Bertz CT molecular complexity index is 1910. The molecule has 0 aliphatic rings. The molecular formula is C30H21NO7. The van der Waals surface area contributed by atoms with Crippen molar-refractivity contribution < 1.29 is 35.7 Å². The van der Waals surface area contributed by atoms with Crippen LogP contribution in [0.1, 0.15) is 0 Å². The normalized spacial score (nSPS) is 11.4. The molecule has 6 aromatic carbocycles. The Labute approximate surface area is 215 Å². The molecule has 8 nitrogen and oxygen atoms in total. The minimum Gasteiger partial charge on any atom is -0.504 e. The van der Waals surface area contributed by atoms with E-state index in [1.807, 2.05) is 36.4 Å². The summed E-state index contributed by atoms with van der Waals surface area (Å²) < 4.78 is 0. The molecule has 0 unspecified atom stereocenters. The van der Waals surface area contributed by atoms with Gasteiger partial charge in [-0.05, 0) is 39.9 Å². The molecule has 0 amide bonds. The van der Waals surface area contributed by atoms with E-state index in [1.54, 1.807) is 24.3 Å². The first-order chi connectivity index (χ1) is 18.3. The van der Waals surface area contributed by atoms with Crippen molar-refractivity contribution in [3.8, 4) is 51.4 Å². The van der Waals surface area contributed by atoms with Crippen molar-refractivity contribution in [3.63, 3.8) is 0 Å². The molecule has 188 valence electrons. The first-order valence-electron chi connectivity index (χ1n) is 11.6. The fourth-order valence-electron chi connectivity index (χ4n) is 4.95. The van der Waals surface area contributed by atoms with Crippen LogP contribution in [0.5, 0.6) is 40.2 Å². The number of phenols is 7. The molecule has 0 radical (unpaired) electrons. The van der Waals surface area contributed by atoms with Crippen LogP contribution in [0.15, 0.2) is 78.9 Å². The van der Waals surface area contributed by atoms with Crippen LogP contribution in [0.3, 0.4) is 0 Å². The summed E-state index contributed by atoms with van der Waals surface area (Å²) in [6.07, 6.45) is 0. The SMILES string of the molecule is Oc1c(O)c(O)c2c(-c3ccc(Nc4cc5ccccc5c5ccccc45)cc3)c(O)c(O)c(O)c2c1O. The molecule has 0 heterocycles. The van der Waals surface area contributed by atoms with Crippen molar-refractivity contribution in [1.82, 2.24) is 0 Å². The molecule has 0 spiro atoms. The summed E-state index contributed by atoms with van der Waals surface area (Å²) in [5.41, 5.74) is 1.71. The fraction of sp³-hybridized carbons (Fsp3) is 0. The summed E-state index contributed by atoms with van der Waals surface area (Å²) in [5, 5.41) is 79.0. The third kappa shape index (κ3) is 3.24. The van der Waals surface area contributed by atoms with Crippen molar-refractivity contribution >= 4 is 43.7 Å². The molecule has 6 aromatic rings. The van der Waals surface area contributed by atoms with Crippen LogP contribution in [0.25, 0.3) is 43.4 Å². The molecule has 0 saturated heterocycles. The van der Waals surface area contributed by atoms with Crippen LogP contribution < -0.4 is 5.32 Å². The van der Waals surface area contributed by atoms with Gasteiger partial charge < -0.3 is 41.1 Å². The zero-order valence-electron chi connectivity index (χ0n) is 19.6. The van der Waals surface area contributed by atoms with Gasteiger partial charge in [0, 0.05) is 27.7 Å². The van der Waals surface area contributed by atoms with Crippen molar-refractivity contribution in [2.75, 3.05) is 5.32 Å². The van der Waals surface area contributed by atoms with E-state index < -0.39 is 45.6 Å².